The van der Waals surface area contributed by atoms with E-state index in [1.54, 1.807) is 48.5 Å². The number of carbonyl (C=O) groups is 3. The maximum absolute atomic E-state index is 12.8. The number of amides is 1. The van der Waals surface area contributed by atoms with Crippen LogP contribution >= 0.6 is 23.2 Å². The fraction of sp³-hybridized carbons (Fsp3) is 0.0345. The van der Waals surface area contributed by atoms with Gasteiger partial charge in [0.05, 0.1) is 24.5 Å². The molecule has 196 valence electrons. The van der Waals surface area contributed by atoms with Gasteiger partial charge in [0.2, 0.25) is 0 Å². The first-order valence-corrected chi connectivity index (χ1v) is 12.1. The van der Waals surface area contributed by atoms with E-state index in [9.17, 15) is 14.4 Å². The Balaban J connectivity index is 1.55. The van der Waals surface area contributed by atoms with Gasteiger partial charge in [0.25, 0.3) is 5.91 Å². The molecule has 0 spiro atoms. The zero-order valence-corrected chi connectivity index (χ0v) is 21.9. The van der Waals surface area contributed by atoms with Crippen LogP contribution in [-0.2, 0) is 0 Å². The van der Waals surface area contributed by atoms with Crippen LogP contribution in [0, 0.1) is 0 Å². The summed E-state index contributed by atoms with van der Waals surface area (Å²) < 4.78 is 16.1. The van der Waals surface area contributed by atoms with Gasteiger partial charge in [0.1, 0.15) is 17.2 Å². The molecule has 4 aromatic carbocycles. The number of methoxy groups -OCH3 is 1. The smallest absolute Gasteiger partial charge is 0.343 e. The number of esters is 2. The molecule has 10 heteroatoms. The van der Waals surface area contributed by atoms with Crippen LogP contribution in [0.25, 0.3) is 0 Å². The van der Waals surface area contributed by atoms with Crippen molar-refractivity contribution in [3.63, 3.8) is 0 Å². The standard InChI is InChI=1S/C29H20Cl2N2O6/c1-37-24-13-6-18(7-14-24)27(34)33-32-17-21-8-15-25(38-28(35)19-2-9-22(30)10-3-19)16-26(21)39-29(36)20-4-11-23(31)12-5-20/h2-17H,1H3,(H,33,34)/b32-17-. The lowest BCUT2D eigenvalue weighted by Gasteiger charge is -2.11. The van der Waals surface area contributed by atoms with Crippen molar-refractivity contribution in [2.75, 3.05) is 7.11 Å². The average Bonchev–Trinajstić information content (AvgIpc) is 2.94. The Morgan fingerprint density at radius 3 is 1.77 bits per heavy atom. The number of nitrogens with one attached hydrogen (secondary N) is 1. The molecule has 0 aromatic heterocycles. The number of rotatable bonds is 8. The Kier molecular flexibility index (Phi) is 8.94. The van der Waals surface area contributed by atoms with Crippen LogP contribution in [0.15, 0.2) is 96.1 Å². The van der Waals surface area contributed by atoms with Crippen molar-refractivity contribution in [3.8, 4) is 17.2 Å². The van der Waals surface area contributed by atoms with Gasteiger partial charge in [-0.2, -0.15) is 5.10 Å². The Morgan fingerprint density at radius 1 is 0.692 bits per heavy atom. The zero-order chi connectivity index (χ0) is 27.8. The Bertz CT molecular complexity index is 1520. The highest BCUT2D eigenvalue weighted by Crippen LogP contribution is 2.26. The molecule has 0 unspecified atom stereocenters. The zero-order valence-electron chi connectivity index (χ0n) is 20.4. The minimum absolute atomic E-state index is 0.0406. The van der Waals surface area contributed by atoms with E-state index in [1.165, 1.54) is 55.8 Å². The molecule has 0 saturated heterocycles. The molecule has 0 radical (unpaired) electrons. The number of hydrogen-bond acceptors (Lipinski definition) is 7. The molecule has 0 heterocycles. The second-order valence-corrected chi connectivity index (χ2v) is 8.79. The second kappa shape index (κ2) is 12.7. The Morgan fingerprint density at radius 2 is 1.21 bits per heavy atom. The van der Waals surface area contributed by atoms with Crippen molar-refractivity contribution in [2.24, 2.45) is 5.10 Å². The van der Waals surface area contributed by atoms with Gasteiger partial charge in [0, 0.05) is 27.2 Å². The minimum atomic E-state index is -0.676. The predicted molar refractivity (Wildman–Crippen MR) is 147 cm³/mol. The van der Waals surface area contributed by atoms with Crippen molar-refractivity contribution >= 4 is 47.3 Å². The van der Waals surface area contributed by atoms with Crippen LogP contribution in [0.5, 0.6) is 17.2 Å². The maximum atomic E-state index is 12.8. The molecule has 0 fully saturated rings. The third-order valence-electron chi connectivity index (χ3n) is 5.28. The summed E-state index contributed by atoms with van der Waals surface area (Å²) in [6.07, 6.45) is 1.30. The van der Waals surface area contributed by atoms with E-state index in [4.69, 9.17) is 37.4 Å². The maximum Gasteiger partial charge on any atom is 0.343 e. The summed E-state index contributed by atoms with van der Waals surface area (Å²) in [5.41, 5.74) is 3.65. The number of nitrogens with zero attached hydrogens (tertiary/aromatic N) is 1. The highest BCUT2D eigenvalue weighted by Gasteiger charge is 2.15. The van der Waals surface area contributed by atoms with Crippen molar-refractivity contribution in [1.29, 1.82) is 0 Å². The summed E-state index contributed by atoms with van der Waals surface area (Å²) in [4.78, 5) is 37.7. The topological polar surface area (TPSA) is 103 Å². The van der Waals surface area contributed by atoms with Gasteiger partial charge in [-0.15, -0.1) is 0 Å². The molecule has 1 amide bonds. The van der Waals surface area contributed by atoms with Gasteiger partial charge >= 0.3 is 11.9 Å². The van der Waals surface area contributed by atoms with Crippen LogP contribution in [0.1, 0.15) is 36.6 Å². The molecular weight excluding hydrogens is 543 g/mol. The van der Waals surface area contributed by atoms with E-state index >= 15 is 0 Å². The highest BCUT2D eigenvalue weighted by atomic mass is 35.5. The van der Waals surface area contributed by atoms with Gasteiger partial charge in [-0.05, 0) is 84.9 Å². The molecule has 0 bridgehead atoms. The van der Waals surface area contributed by atoms with Crippen LogP contribution in [0.3, 0.4) is 0 Å². The van der Waals surface area contributed by atoms with E-state index in [2.05, 4.69) is 10.5 Å². The third kappa shape index (κ3) is 7.44. The number of halogens is 2. The fourth-order valence-corrected chi connectivity index (χ4v) is 3.49. The average molecular weight is 563 g/mol. The van der Waals surface area contributed by atoms with E-state index in [0.29, 0.717) is 26.9 Å². The molecule has 0 atom stereocenters. The van der Waals surface area contributed by atoms with Crippen LogP contribution in [0.2, 0.25) is 10.0 Å². The number of hydrogen-bond donors (Lipinski definition) is 1. The van der Waals surface area contributed by atoms with Crippen LogP contribution in [0.4, 0.5) is 0 Å². The summed E-state index contributed by atoms with van der Waals surface area (Å²) in [7, 11) is 1.53. The lowest BCUT2D eigenvalue weighted by molar-refractivity contribution is 0.0732. The second-order valence-electron chi connectivity index (χ2n) is 7.92. The van der Waals surface area contributed by atoms with Crippen LogP contribution in [-0.4, -0.2) is 31.2 Å². The fourth-order valence-electron chi connectivity index (χ4n) is 3.24. The molecule has 8 nitrogen and oxygen atoms in total. The summed E-state index contributed by atoms with van der Waals surface area (Å²) in [5.74, 6) is -0.993. The van der Waals surface area contributed by atoms with Gasteiger partial charge in [0.15, 0.2) is 0 Å². The Hall–Kier alpha value is -4.66. The number of carbonyl (C=O) groups excluding carboxylic acids is 3. The lowest BCUT2D eigenvalue weighted by atomic mass is 10.2. The minimum Gasteiger partial charge on any atom is -0.497 e. The molecule has 4 rings (SSSR count). The first kappa shape index (κ1) is 27.4. The normalized spacial score (nSPS) is 10.6. The first-order valence-electron chi connectivity index (χ1n) is 11.4. The van der Waals surface area contributed by atoms with E-state index < -0.39 is 17.8 Å². The van der Waals surface area contributed by atoms with Gasteiger partial charge in [-0.3, -0.25) is 4.79 Å². The molecule has 0 aliphatic carbocycles. The van der Waals surface area contributed by atoms with Crippen LogP contribution < -0.4 is 19.6 Å². The number of hydrazone groups is 1. The van der Waals surface area contributed by atoms with Gasteiger partial charge < -0.3 is 14.2 Å². The van der Waals surface area contributed by atoms with Crippen molar-refractivity contribution in [3.05, 3.63) is 123 Å². The summed E-state index contributed by atoms with van der Waals surface area (Å²) in [6, 6.07) is 23.2. The summed E-state index contributed by atoms with van der Waals surface area (Å²) in [6.45, 7) is 0. The SMILES string of the molecule is COc1ccc(C(=O)N/N=C\c2ccc(OC(=O)c3ccc(Cl)cc3)cc2OC(=O)c2ccc(Cl)cc2)cc1. The van der Waals surface area contributed by atoms with Gasteiger partial charge in [-0.1, -0.05) is 23.2 Å². The van der Waals surface area contributed by atoms with E-state index in [-0.39, 0.29) is 22.6 Å². The van der Waals surface area contributed by atoms with Crippen molar-refractivity contribution in [1.82, 2.24) is 5.43 Å². The molecule has 4 aromatic rings. The first-order chi connectivity index (χ1) is 18.8. The quantitative estimate of drug-likeness (QED) is 0.118. The highest BCUT2D eigenvalue weighted by molar-refractivity contribution is 6.31. The monoisotopic (exact) mass is 562 g/mol. The molecule has 1 N–H and O–H groups in total. The summed E-state index contributed by atoms with van der Waals surface area (Å²) in [5, 5.41) is 4.91. The molecular formula is C29H20Cl2N2O6. The van der Waals surface area contributed by atoms with E-state index in [1.807, 2.05) is 0 Å². The molecule has 0 aliphatic rings. The number of benzene rings is 4. The molecule has 0 saturated carbocycles. The third-order valence-corrected chi connectivity index (χ3v) is 5.78. The van der Waals surface area contributed by atoms with Crippen molar-refractivity contribution in [2.45, 2.75) is 0 Å². The van der Waals surface area contributed by atoms with Gasteiger partial charge in [-0.25, -0.2) is 15.0 Å². The predicted octanol–water partition coefficient (Wildman–Crippen LogP) is 6.20. The Labute approximate surface area is 233 Å². The van der Waals surface area contributed by atoms with Crippen molar-refractivity contribution < 1.29 is 28.6 Å². The summed E-state index contributed by atoms with van der Waals surface area (Å²) >= 11 is 11.8. The molecule has 39 heavy (non-hydrogen) atoms. The largest absolute Gasteiger partial charge is 0.497 e. The lowest BCUT2D eigenvalue weighted by Crippen LogP contribution is -2.17. The number of ether oxygens (including phenoxy) is 3. The molecule has 0 aliphatic heterocycles. The van der Waals surface area contributed by atoms with E-state index in [0.717, 1.165) is 0 Å².